The van der Waals surface area contributed by atoms with E-state index in [4.69, 9.17) is 0 Å². The zero-order valence-electron chi connectivity index (χ0n) is 7.77. The highest BCUT2D eigenvalue weighted by molar-refractivity contribution is 7.92. The van der Waals surface area contributed by atoms with Crippen LogP contribution >= 0.6 is 0 Å². The molecule has 0 unspecified atom stereocenters. The van der Waals surface area contributed by atoms with Gasteiger partial charge in [0.25, 0.3) is 0 Å². The van der Waals surface area contributed by atoms with Gasteiger partial charge in [0, 0.05) is 6.54 Å². The van der Waals surface area contributed by atoms with Crippen molar-refractivity contribution in [3.8, 4) is 0 Å². The highest BCUT2D eigenvalue weighted by Gasteiger charge is 2.08. The van der Waals surface area contributed by atoms with Crippen LogP contribution in [-0.4, -0.2) is 37.7 Å². The number of rotatable bonds is 5. The maximum atomic E-state index is 11.4. The molecule has 0 saturated heterocycles. The van der Waals surface area contributed by atoms with Gasteiger partial charge in [0.15, 0.2) is 0 Å². The molecule has 6 nitrogen and oxygen atoms in total. The number of nitrogens with zero attached hydrogens (tertiary/aromatic N) is 2. The smallest absolute Gasteiger partial charge is 0.234 e. The third-order valence-electron chi connectivity index (χ3n) is 1.45. The average molecular weight is 216 g/mol. The van der Waals surface area contributed by atoms with E-state index in [-0.39, 0.29) is 5.75 Å². The van der Waals surface area contributed by atoms with Crippen LogP contribution < -0.4 is 10.0 Å². The van der Waals surface area contributed by atoms with Gasteiger partial charge in [-0.05, 0) is 7.05 Å². The van der Waals surface area contributed by atoms with E-state index >= 15 is 0 Å². The molecule has 14 heavy (non-hydrogen) atoms. The van der Waals surface area contributed by atoms with Crippen LogP contribution in [0.25, 0.3) is 0 Å². The molecule has 1 heterocycles. The second-order valence-electron chi connectivity index (χ2n) is 2.65. The van der Waals surface area contributed by atoms with Crippen molar-refractivity contribution in [2.75, 3.05) is 24.1 Å². The molecular formula is C7H12N4O2S. The minimum absolute atomic E-state index is 0.0262. The minimum Gasteiger partial charge on any atom is -0.319 e. The molecule has 78 valence electrons. The van der Waals surface area contributed by atoms with Crippen LogP contribution in [0.15, 0.2) is 18.7 Å². The van der Waals surface area contributed by atoms with Crippen molar-refractivity contribution in [2.24, 2.45) is 0 Å². The fourth-order valence-electron chi connectivity index (χ4n) is 0.819. The number of hydrogen-bond donors (Lipinski definition) is 2. The summed E-state index contributed by atoms with van der Waals surface area (Å²) in [7, 11) is -1.59. The Morgan fingerprint density at radius 2 is 2.00 bits per heavy atom. The van der Waals surface area contributed by atoms with E-state index in [1.165, 1.54) is 18.7 Å². The van der Waals surface area contributed by atoms with Crippen molar-refractivity contribution in [2.45, 2.75) is 0 Å². The van der Waals surface area contributed by atoms with Gasteiger partial charge in [0.05, 0.1) is 23.8 Å². The van der Waals surface area contributed by atoms with Crippen molar-refractivity contribution >= 4 is 15.7 Å². The van der Waals surface area contributed by atoms with E-state index in [9.17, 15) is 8.42 Å². The van der Waals surface area contributed by atoms with Gasteiger partial charge in [-0.25, -0.2) is 18.4 Å². The minimum atomic E-state index is -3.29. The first-order valence-corrected chi connectivity index (χ1v) is 5.69. The summed E-state index contributed by atoms with van der Waals surface area (Å²) in [5.41, 5.74) is 0.378. The van der Waals surface area contributed by atoms with Gasteiger partial charge >= 0.3 is 0 Å². The lowest BCUT2D eigenvalue weighted by Crippen LogP contribution is -2.24. The topological polar surface area (TPSA) is 84.0 Å². The lowest BCUT2D eigenvalue weighted by molar-refractivity contribution is 0.598. The molecule has 0 aliphatic rings. The van der Waals surface area contributed by atoms with Crippen molar-refractivity contribution < 1.29 is 8.42 Å². The van der Waals surface area contributed by atoms with E-state index in [2.05, 4.69) is 20.0 Å². The number of nitrogens with one attached hydrogen (secondary N) is 2. The molecule has 0 aliphatic carbocycles. The largest absolute Gasteiger partial charge is 0.319 e. The molecule has 0 fully saturated rings. The average Bonchev–Trinajstić information content (AvgIpc) is 2.16. The second kappa shape index (κ2) is 4.87. The summed E-state index contributed by atoms with van der Waals surface area (Å²) in [6.07, 6.45) is 4.15. The fourth-order valence-corrected chi connectivity index (χ4v) is 1.86. The Labute approximate surface area is 82.8 Å². The summed E-state index contributed by atoms with van der Waals surface area (Å²) >= 11 is 0. The number of anilines is 1. The molecule has 0 saturated carbocycles. The fraction of sp³-hybridized carbons (Fsp3) is 0.429. The lowest BCUT2D eigenvalue weighted by atomic mass is 10.6. The van der Waals surface area contributed by atoms with Gasteiger partial charge in [-0.3, -0.25) is 4.72 Å². The van der Waals surface area contributed by atoms with Gasteiger partial charge in [-0.1, -0.05) is 0 Å². The third-order valence-corrected chi connectivity index (χ3v) is 2.74. The van der Waals surface area contributed by atoms with Crippen LogP contribution in [0.5, 0.6) is 0 Å². The van der Waals surface area contributed by atoms with Crippen LogP contribution in [0.4, 0.5) is 5.69 Å². The monoisotopic (exact) mass is 216 g/mol. The molecular weight excluding hydrogens is 204 g/mol. The van der Waals surface area contributed by atoms with E-state index in [0.717, 1.165) is 0 Å². The number of hydrogen-bond acceptors (Lipinski definition) is 5. The molecule has 0 aromatic carbocycles. The molecule has 0 amide bonds. The molecule has 1 aromatic rings. The molecule has 0 spiro atoms. The van der Waals surface area contributed by atoms with Crippen LogP contribution in [0.3, 0.4) is 0 Å². The quantitative estimate of drug-likeness (QED) is 0.689. The van der Waals surface area contributed by atoms with Crippen molar-refractivity contribution in [3.63, 3.8) is 0 Å². The van der Waals surface area contributed by atoms with E-state index in [1.807, 2.05) is 0 Å². The molecule has 0 radical (unpaired) electrons. The van der Waals surface area contributed by atoms with Crippen molar-refractivity contribution in [3.05, 3.63) is 18.7 Å². The summed E-state index contributed by atoms with van der Waals surface area (Å²) in [5, 5.41) is 2.76. The van der Waals surface area contributed by atoms with Gasteiger partial charge < -0.3 is 5.32 Å². The predicted octanol–water partition coefficient (Wildman–Crippen LogP) is -0.562. The van der Waals surface area contributed by atoms with Crippen molar-refractivity contribution in [1.82, 2.24) is 15.3 Å². The number of aromatic nitrogens is 2. The van der Waals surface area contributed by atoms with Gasteiger partial charge in [-0.15, -0.1) is 0 Å². The standard InChI is InChI=1S/C7H12N4O2S/c1-8-2-3-14(12,13)11-7-4-9-6-10-5-7/h4-6,8,11H,2-3H2,1H3. The normalized spacial score (nSPS) is 11.2. The highest BCUT2D eigenvalue weighted by Crippen LogP contribution is 2.03. The molecule has 1 aromatic heterocycles. The summed E-state index contributed by atoms with van der Waals surface area (Å²) in [6.45, 7) is 0.406. The maximum Gasteiger partial charge on any atom is 0.234 e. The van der Waals surface area contributed by atoms with Crippen LogP contribution in [0.1, 0.15) is 0 Å². The zero-order chi connectivity index (χ0) is 10.4. The van der Waals surface area contributed by atoms with Gasteiger partial charge in [0.1, 0.15) is 6.33 Å². The van der Waals surface area contributed by atoms with E-state index < -0.39 is 10.0 Å². The first kappa shape index (κ1) is 10.9. The van der Waals surface area contributed by atoms with E-state index in [1.54, 1.807) is 7.05 Å². The Balaban J connectivity index is 2.60. The second-order valence-corrected chi connectivity index (χ2v) is 4.49. The lowest BCUT2D eigenvalue weighted by Gasteiger charge is -2.05. The highest BCUT2D eigenvalue weighted by atomic mass is 32.2. The summed E-state index contributed by atoms with van der Waals surface area (Å²) in [5.74, 6) is 0.0262. The predicted molar refractivity (Wildman–Crippen MR) is 53.4 cm³/mol. The van der Waals surface area contributed by atoms with E-state index in [0.29, 0.717) is 12.2 Å². The first-order chi connectivity index (χ1) is 6.64. The SMILES string of the molecule is CNCCS(=O)(=O)Nc1cncnc1. The molecule has 0 aliphatic heterocycles. The van der Waals surface area contributed by atoms with Gasteiger partial charge in [0.2, 0.25) is 10.0 Å². The Morgan fingerprint density at radius 1 is 1.36 bits per heavy atom. The Bertz CT molecular complexity index is 365. The molecule has 0 bridgehead atoms. The Morgan fingerprint density at radius 3 is 2.57 bits per heavy atom. The summed E-state index contributed by atoms with van der Waals surface area (Å²) in [6, 6.07) is 0. The van der Waals surface area contributed by atoms with Crippen LogP contribution in [0.2, 0.25) is 0 Å². The molecule has 0 atom stereocenters. The maximum absolute atomic E-state index is 11.4. The Kier molecular flexibility index (Phi) is 3.78. The first-order valence-electron chi connectivity index (χ1n) is 4.04. The number of sulfonamides is 1. The molecule has 1 rings (SSSR count). The van der Waals surface area contributed by atoms with Crippen molar-refractivity contribution in [1.29, 1.82) is 0 Å². The summed E-state index contributed by atoms with van der Waals surface area (Å²) in [4.78, 5) is 7.39. The van der Waals surface area contributed by atoms with Crippen LogP contribution in [0, 0.1) is 0 Å². The van der Waals surface area contributed by atoms with Gasteiger partial charge in [-0.2, -0.15) is 0 Å². The summed E-state index contributed by atoms with van der Waals surface area (Å²) < 4.78 is 25.1. The zero-order valence-corrected chi connectivity index (χ0v) is 8.58. The third kappa shape index (κ3) is 3.67. The van der Waals surface area contributed by atoms with Crippen LogP contribution in [-0.2, 0) is 10.0 Å². The molecule has 2 N–H and O–H groups in total. The molecule has 7 heteroatoms. The Hall–Kier alpha value is -1.21.